The van der Waals surface area contributed by atoms with E-state index in [0.717, 1.165) is 37.8 Å². The third kappa shape index (κ3) is 5.19. The predicted octanol–water partition coefficient (Wildman–Crippen LogP) is 1.15. The smallest absolute Gasteiger partial charge is 0.415 e. The van der Waals surface area contributed by atoms with Crippen molar-refractivity contribution < 1.29 is 24.2 Å². The summed E-state index contributed by atoms with van der Waals surface area (Å²) in [7, 11) is 0. The maximum Gasteiger partial charge on any atom is 0.415 e. The average Bonchev–Trinajstić information content (AvgIpc) is 3.36. The van der Waals surface area contributed by atoms with Gasteiger partial charge in [-0.2, -0.15) is 0 Å². The van der Waals surface area contributed by atoms with Gasteiger partial charge in [0.15, 0.2) is 0 Å². The fraction of sp³-hybridized carbons (Fsp3) is 0.526. The van der Waals surface area contributed by atoms with Gasteiger partial charge >= 0.3 is 12.1 Å². The molecule has 146 valence electrons. The summed E-state index contributed by atoms with van der Waals surface area (Å²) in [6.07, 6.45) is 3.41. The maximum atomic E-state index is 12.2. The van der Waals surface area contributed by atoms with Crippen LogP contribution in [0.15, 0.2) is 24.3 Å². The van der Waals surface area contributed by atoms with Gasteiger partial charge in [-0.3, -0.25) is 4.79 Å². The number of hydrogen-bond donors (Lipinski definition) is 3. The maximum absolute atomic E-state index is 12.2. The van der Waals surface area contributed by atoms with Crippen LogP contribution in [-0.2, 0) is 16.0 Å². The van der Waals surface area contributed by atoms with E-state index >= 15 is 0 Å². The van der Waals surface area contributed by atoms with E-state index in [0.29, 0.717) is 18.8 Å². The lowest BCUT2D eigenvalue weighted by Gasteiger charge is -2.18. The van der Waals surface area contributed by atoms with Crippen LogP contribution in [0.1, 0.15) is 31.2 Å². The zero-order valence-electron chi connectivity index (χ0n) is 15.1. The highest BCUT2D eigenvalue weighted by molar-refractivity contribution is 5.87. The first-order valence-electron chi connectivity index (χ1n) is 9.35. The molecule has 8 nitrogen and oxygen atoms in total. The van der Waals surface area contributed by atoms with Crippen LogP contribution in [0.4, 0.5) is 4.79 Å². The molecule has 2 aliphatic heterocycles. The number of amides is 2. The Hall–Kier alpha value is -2.61. The van der Waals surface area contributed by atoms with Gasteiger partial charge in [0.2, 0.25) is 5.91 Å². The number of nitrogens with zero attached hydrogens (tertiary/aromatic N) is 1. The van der Waals surface area contributed by atoms with Crippen LogP contribution in [0.3, 0.4) is 0 Å². The van der Waals surface area contributed by atoms with Gasteiger partial charge in [0.05, 0.1) is 6.04 Å². The Morgan fingerprint density at radius 3 is 2.48 bits per heavy atom. The van der Waals surface area contributed by atoms with Crippen molar-refractivity contribution in [3.8, 4) is 5.75 Å². The Morgan fingerprint density at radius 1 is 1.19 bits per heavy atom. The highest BCUT2D eigenvalue weighted by Crippen LogP contribution is 2.17. The van der Waals surface area contributed by atoms with Gasteiger partial charge in [-0.05, 0) is 49.9 Å². The Labute approximate surface area is 157 Å². The van der Waals surface area contributed by atoms with Crippen LogP contribution >= 0.6 is 0 Å². The predicted molar refractivity (Wildman–Crippen MR) is 97.6 cm³/mol. The molecule has 3 N–H and O–H groups in total. The largest absolute Gasteiger partial charge is 0.480 e. The minimum absolute atomic E-state index is 0.161. The molecule has 2 amide bonds. The van der Waals surface area contributed by atoms with E-state index in [1.165, 1.54) is 0 Å². The fourth-order valence-corrected chi connectivity index (χ4v) is 3.38. The van der Waals surface area contributed by atoms with Crippen LogP contribution in [0.25, 0.3) is 0 Å². The Balaban J connectivity index is 1.55. The van der Waals surface area contributed by atoms with Crippen LogP contribution < -0.4 is 15.4 Å². The second-order valence-corrected chi connectivity index (χ2v) is 6.96. The molecule has 0 bridgehead atoms. The summed E-state index contributed by atoms with van der Waals surface area (Å²) in [5, 5.41) is 15.1. The number of rotatable bonds is 6. The Morgan fingerprint density at radius 2 is 1.89 bits per heavy atom. The summed E-state index contributed by atoms with van der Waals surface area (Å²) in [6, 6.07) is 5.38. The molecule has 2 fully saturated rings. The first-order chi connectivity index (χ1) is 13.0. The van der Waals surface area contributed by atoms with E-state index in [1.807, 2.05) is 0 Å². The first kappa shape index (κ1) is 19.2. The number of benzene rings is 1. The monoisotopic (exact) mass is 375 g/mol. The Kier molecular flexibility index (Phi) is 6.28. The molecule has 0 radical (unpaired) electrons. The van der Waals surface area contributed by atoms with E-state index in [9.17, 15) is 19.5 Å². The van der Waals surface area contributed by atoms with Crippen molar-refractivity contribution >= 4 is 18.0 Å². The molecule has 0 aromatic heterocycles. The van der Waals surface area contributed by atoms with Crippen LogP contribution in [0.5, 0.6) is 5.75 Å². The van der Waals surface area contributed by atoms with Gasteiger partial charge in [0, 0.05) is 19.5 Å². The first-order valence-corrected chi connectivity index (χ1v) is 9.35. The molecule has 0 spiro atoms. The number of carboxylic acids is 1. The molecular formula is C19H25N3O5. The summed E-state index contributed by atoms with van der Waals surface area (Å²) in [6.45, 7) is 2.20. The number of hydrogen-bond acceptors (Lipinski definition) is 5. The van der Waals surface area contributed by atoms with Crippen molar-refractivity contribution in [2.75, 3.05) is 19.6 Å². The molecule has 2 heterocycles. The molecule has 0 aliphatic carbocycles. The summed E-state index contributed by atoms with van der Waals surface area (Å²) >= 11 is 0. The molecule has 1 aromatic rings. The highest BCUT2D eigenvalue weighted by Gasteiger charge is 2.27. The molecule has 3 rings (SSSR count). The van der Waals surface area contributed by atoms with Crippen molar-refractivity contribution in [3.63, 3.8) is 0 Å². The molecule has 8 heteroatoms. The zero-order valence-corrected chi connectivity index (χ0v) is 15.1. The molecule has 2 atom stereocenters. The van der Waals surface area contributed by atoms with E-state index in [2.05, 4.69) is 10.6 Å². The number of carbonyl (C=O) groups excluding carboxylic acids is 2. The summed E-state index contributed by atoms with van der Waals surface area (Å²) < 4.78 is 5.33. The van der Waals surface area contributed by atoms with Gasteiger partial charge in [-0.15, -0.1) is 0 Å². The van der Waals surface area contributed by atoms with Crippen molar-refractivity contribution in [2.45, 2.75) is 44.2 Å². The van der Waals surface area contributed by atoms with E-state index in [4.69, 9.17) is 4.74 Å². The van der Waals surface area contributed by atoms with Gasteiger partial charge in [0.25, 0.3) is 0 Å². The van der Waals surface area contributed by atoms with Gasteiger partial charge in [0.1, 0.15) is 11.8 Å². The average molecular weight is 375 g/mol. The van der Waals surface area contributed by atoms with Crippen molar-refractivity contribution in [1.29, 1.82) is 0 Å². The number of carboxylic acid groups (broad SMARTS) is 1. The third-order valence-electron chi connectivity index (χ3n) is 4.92. The lowest BCUT2D eigenvalue weighted by Crippen LogP contribution is -2.49. The van der Waals surface area contributed by atoms with Crippen LogP contribution in [0, 0.1) is 0 Å². The second-order valence-electron chi connectivity index (χ2n) is 6.96. The summed E-state index contributed by atoms with van der Waals surface area (Å²) in [4.78, 5) is 37.3. The SMILES string of the molecule is O=C(O)[C@H](Cc1ccc(OC(=O)N2CCCC2)cc1)NC(=O)[C@@H]1CCCN1. The topological polar surface area (TPSA) is 108 Å². The number of carbonyl (C=O) groups is 3. The summed E-state index contributed by atoms with van der Waals surface area (Å²) in [5.74, 6) is -0.941. The zero-order chi connectivity index (χ0) is 19.2. The van der Waals surface area contributed by atoms with Gasteiger partial charge in [-0.25, -0.2) is 9.59 Å². The number of aliphatic carboxylic acids is 1. The minimum atomic E-state index is -1.08. The van der Waals surface area contributed by atoms with Crippen LogP contribution in [-0.4, -0.2) is 59.7 Å². The minimum Gasteiger partial charge on any atom is -0.480 e. The lowest BCUT2D eigenvalue weighted by molar-refractivity contribution is -0.142. The van der Waals surface area contributed by atoms with Crippen LogP contribution in [0.2, 0.25) is 0 Å². The standard InChI is InChI=1S/C19H25N3O5/c23-17(15-4-3-9-20-15)21-16(18(24)25)12-13-5-7-14(8-6-13)27-19(26)22-10-1-2-11-22/h5-8,15-16,20H,1-4,9-12H2,(H,21,23)(H,24,25)/t15-,16-/m0/s1. The van der Waals surface area contributed by atoms with Gasteiger partial charge < -0.3 is 25.4 Å². The second kappa shape index (κ2) is 8.85. The quantitative estimate of drug-likeness (QED) is 0.688. The van der Waals surface area contributed by atoms with Crippen molar-refractivity contribution in [3.05, 3.63) is 29.8 Å². The molecular weight excluding hydrogens is 350 g/mol. The molecule has 2 saturated heterocycles. The molecule has 27 heavy (non-hydrogen) atoms. The summed E-state index contributed by atoms with van der Waals surface area (Å²) in [5.41, 5.74) is 0.739. The molecule has 2 aliphatic rings. The molecule has 1 aromatic carbocycles. The molecule has 0 saturated carbocycles. The van der Waals surface area contributed by atoms with E-state index < -0.39 is 12.0 Å². The van der Waals surface area contributed by atoms with Crippen molar-refractivity contribution in [1.82, 2.24) is 15.5 Å². The fourth-order valence-electron chi connectivity index (χ4n) is 3.38. The number of nitrogens with one attached hydrogen (secondary N) is 2. The third-order valence-corrected chi connectivity index (χ3v) is 4.92. The highest BCUT2D eigenvalue weighted by atomic mass is 16.6. The normalized spacial score (nSPS) is 20.3. The number of ether oxygens (including phenoxy) is 1. The van der Waals surface area contributed by atoms with Gasteiger partial charge in [-0.1, -0.05) is 12.1 Å². The van der Waals surface area contributed by atoms with E-state index in [1.54, 1.807) is 29.2 Å². The van der Waals surface area contributed by atoms with E-state index in [-0.39, 0.29) is 24.5 Å². The number of likely N-dealkylation sites (tertiary alicyclic amines) is 1. The Bertz CT molecular complexity index is 679. The molecule has 0 unspecified atom stereocenters. The lowest BCUT2D eigenvalue weighted by atomic mass is 10.1. The van der Waals surface area contributed by atoms with Crippen molar-refractivity contribution in [2.24, 2.45) is 0 Å².